The largest absolute Gasteiger partial charge is 0.407 e. The van der Waals surface area contributed by atoms with Crippen molar-refractivity contribution in [3.8, 4) is 0 Å². The van der Waals surface area contributed by atoms with E-state index in [1.54, 1.807) is 12.1 Å². The van der Waals surface area contributed by atoms with Gasteiger partial charge in [-0.3, -0.25) is 4.99 Å². The van der Waals surface area contributed by atoms with Gasteiger partial charge in [0.2, 0.25) is 0 Å². The summed E-state index contributed by atoms with van der Waals surface area (Å²) < 4.78 is 67.7. The number of alkyl halides is 3. The second-order valence-electron chi connectivity index (χ2n) is 10.6. The lowest BCUT2D eigenvalue weighted by atomic mass is 9.64. The van der Waals surface area contributed by atoms with E-state index in [0.29, 0.717) is 25.7 Å². The molecule has 3 aliphatic rings. The molecule has 0 radical (unpaired) electrons. The second-order valence-corrected chi connectivity index (χ2v) is 10.6. The van der Waals surface area contributed by atoms with E-state index in [4.69, 9.17) is 5.73 Å². The summed E-state index contributed by atoms with van der Waals surface area (Å²) in [4.78, 5) is 4.69. The minimum absolute atomic E-state index is 0.0723. The van der Waals surface area contributed by atoms with Gasteiger partial charge in [0.05, 0.1) is 11.6 Å². The SMILES string of the molecule is CC12CC3=C(C=C1CC[C@@]2(O)CCc1cccc(F)c1C(N)C(F)(F)F)CC(c1ccc(F)cc1)N=C3. The van der Waals surface area contributed by atoms with Gasteiger partial charge in [0.15, 0.2) is 0 Å². The third-order valence-corrected chi connectivity index (χ3v) is 8.54. The van der Waals surface area contributed by atoms with Crippen LogP contribution < -0.4 is 5.73 Å². The fourth-order valence-electron chi connectivity index (χ4n) is 6.20. The first-order valence-corrected chi connectivity index (χ1v) is 12.4. The third kappa shape index (κ3) is 4.55. The summed E-state index contributed by atoms with van der Waals surface area (Å²) in [7, 11) is 0. The van der Waals surface area contributed by atoms with Crippen LogP contribution in [-0.4, -0.2) is 23.1 Å². The van der Waals surface area contributed by atoms with E-state index < -0.39 is 34.6 Å². The van der Waals surface area contributed by atoms with Gasteiger partial charge in [-0.2, -0.15) is 13.2 Å². The lowest BCUT2D eigenvalue weighted by Crippen LogP contribution is -2.44. The summed E-state index contributed by atoms with van der Waals surface area (Å²) in [5, 5.41) is 11.8. The first kappa shape index (κ1) is 25.8. The van der Waals surface area contributed by atoms with Gasteiger partial charge >= 0.3 is 6.18 Å². The molecular weight excluding hydrogens is 487 g/mol. The van der Waals surface area contributed by atoms with Crippen molar-refractivity contribution in [1.82, 2.24) is 0 Å². The molecule has 0 bridgehead atoms. The van der Waals surface area contributed by atoms with E-state index in [9.17, 15) is 27.1 Å². The molecule has 5 rings (SSSR count). The van der Waals surface area contributed by atoms with Crippen LogP contribution in [0.25, 0.3) is 0 Å². The van der Waals surface area contributed by atoms with Crippen LogP contribution in [0.15, 0.2) is 70.3 Å². The molecular formula is C29H29F5N2O. The molecule has 2 aromatic carbocycles. The van der Waals surface area contributed by atoms with Crippen molar-refractivity contribution in [1.29, 1.82) is 0 Å². The fraction of sp³-hybridized carbons (Fsp3) is 0.414. The summed E-state index contributed by atoms with van der Waals surface area (Å²) in [5.41, 5.74) is 7.40. The zero-order valence-electron chi connectivity index (χ0n) is 20.5. The minimum atomic E-state index is -4.78. The smallest absolute Gasteiger partial charge is 0.389 e. The summed E-state index contributed by atoms with van der Waals surface area (Å²) in [6.45, 7) is 1.99. The molecule has 0 spiro atoms. The molecule has 1 heterocycles. The molecule has 1 aliphatic heterocycles. The predicted octanol–water partition coefficient (Wildman–Crippen LogP) is 6.83. The Morgan fingerprint density at radius 1 is 1.11 bits per heavy atom. The highest BCUT2D eigenvalue weighted by Gasteiger charge is 2.55. The summed E-state index contributed by atoms with van der Waals surface area (Å²) in [6.07, 6.45) is 1.80. The average molecular weight is 517 g/mol. The molecule has 2 aromatic rings. The van der Waals surface area contributed by atoms with Crippen molar-refractivity contribution in [2.75, 3.05) is 0 Å². The number of nitrogens with two attached hydrogens (primary N) is 1. The molecule has 3 nitrogen and oxygen atoms in total. The molecule has 0 saturated heterocycles. The minimum Gasteiger partial charge on any atom is -0.389 e. The Morgan fingerprint density at radius 2 is 1.84 bits per heavy atom. The number of benzene rings is 2. The number of dihydropyridines is 1. The maximum atomic E-state index is 14.4. The highest BCUT2D eigenvalue weighted by molar-refractivity contribution is 5.83. The molecule has 0 amide bonds. The molecule has 2 aliphatic carbocycles. The molecule has 4 atom stereocenters. The zero-order valence-corrected chi connectivity index (χ0v) is 20.5. The topological polar surface area (TPSA) is 58.6 Å². The Balaban J connectivity index is 1.36. The molecule has 1 fully saturated rings. The third-order valence-electron chi connectivity index (χ3n) is 8.54. The monoisotopic (exact) mass is 516 g/mol. The quantitative estimate of drug-likeness (QED) is 0.428. The number of rotatable bonds is 5. The number of allylic oxidation sites excluding steroid dienone is 2. The van der Waals surface area contributed by atoms with Crippen LogP contribution in [0.4, 0.5) is 22.0 Å². The number of hydrogen-bond donors (Lipinski definition) is 2. The van der Waals surface area contributed by atoms with Crippen molar-refractivity contribution in [3.05, 3.63) is 93.6 Å². The van der Waals surface area contributed by atoms with Gasteiger partial charge in [-0.25, -0.2) is 8.78 Å². The van der Waals surface area contributed by atoms with E-state index in [2.05, 4.69) is 11.1 Å². The first-order valence-electron chi connectivity index (χ1n) is 12.4. The molecule has 0 aromatic heterocycles. The van der Waals surface area contributed by atoms with Crippen LogP contribution in [0.2, 0.25) is 0 Å². The van der Waals surface area contributed by atoms with Crippen LogP contribution >= 0.6 is 0 Å². The number of aliphatic imine (C=N–C) groups is 1. The Hall–Kier alpha value is -2.84. The van der Waals surface area contributed by atoms with Gasteiger partial charge < -0.3 is 10.8 Å². The Bertz CT molecular complexity index is 1300. The number of fused-ring (bicyclic) bond motifs is 1. The predicted molar refractivity (Wildman–Crippen MR) is 132 cm³/mol. The summed E-state index contributed by atoms with van der Waals surface area (Å²) in [6, 6.07) is 7.59. The van der Waals surface area contributed by atoms with Crippen molar-refractivity contribution in [2.45, 2.75) is 69.3 Å². The summed E-state index contributed by atoms with van der Waals surface area (Å²) >= 11 is 0. The van der Waals surface area contributed by atoms with Crippen LogP contribution in [0.5, 0.6) is 0 Å². The van der Waals surface area contributed by atoms with Crippen LogP contribution in [0.3, 0.4) is 0 Å². The van der Waals surface area contributed by atoms with Crippen molar-refractivity contribution in [2.24, 2.45) is 16.1 Å². The normalized spacial score (nSPS) is 28.1. The number of aliphatic hydroxyl groups is 1. The number of nitrogens with zero attached hydrogens (tertiary/aromatic N) is 1. The highest BCUT2D eigenvalue weighted by atomic mass is 19.4. The van der Waals surface area contributed by atoms with Gasteiger partial charge in [0.1, 0.15) is 17.7 Å². The van der Waals surface area contributed by atoms with Gasteiger partial charge in [-0.15, -0.1) is 0 Å². The number of halogens is 5. The van der Waals surface area contributed by atoms with E-state index in [1.165, 1.54) is 24.3 Å². The van der Waals surface area contributed by atoms with E-state index in [0.717, 1.165) is 28.3 Å². The fourth-order valence-corrected chi connectivity index (χ4v) is 6.20. The lowest BCUT2D eigenvalue weighted by Gasteiger charge is -2.44. The molecule has 3 unspecified atom stereocenters. The van der Waals surface area contributed by atoms with Crippen LogP contribution in [-0.2, 0) is 6.42 Å². The maximum absolute atomic E-state index is 14.4. The number of hydrogen-bond acceptors (Lipinski definition) is 3. The van der Waals surface area contributed by atoms with Crippen molar-refractivity contribution in [3.63, 3.8) is 0 Å². The van der Waals surface area contributed by atoms with Crippen molar-refractivity contribution >= 4 is 6.21 Å². The summed E-state index contributed by atoms with van der Waals surface area (Å²) in [5.74, 6) is -1.29. The molecule has 1 saturated carbocycles. The van der Waals surface area contributed by atoms with Gasteiger partial charge in [0, 0.05) is 17.2 Å². The maximum Gasteiger partial charge on any atom is 0.407 e. The molecule has 37 heavy (non-hydrogen) atoms. The van der Waals surface area contributed by atoms with Gasteiger partial charge in [-0.05, 0) is 79.0 Å². The molecule has 8 heteroatoms. The van der Waals surface area contributed by atoms with E-state index in [1.807, 2.05) is 13.1 Å². The van der Waals surface area contributed by atoms with Crippen LogP contribution in [0.1, 0.15) is 67.8 Å². The highest BCUT2D eigenvalue weighted by Crippen LogP contribution is 2.58. The van der Waals surface area contributed by atoms with Crippen molar-refractivity contribution < 1.29 is 27.1 Å². The second kappa shape index (κ2) is 9.17. The Morgan fingerprint density at radius 3 is 2.54 bits per heavy atom. The molecule has 3 N–H and O–H groups in total. The first-order chi connectivity index (χ1) is 17.4. The zero-order chi connectivity index (χ0) is 26.6. The van der Waals surface area contributed by atoms with Crippen LogP contribution in [0, 0.1) is 17.0 Å². The Labute approximate surface area is 212 Å². The van der Waals surface area contributed by atoms with E-state index in [-0.39, 0.29) is 30.3 Å². The average Bonchev–Trinajstić information content (AvgIpc) is 3.10. The van der Waals surface area contributed by atoms with Gasteiger partial charge in [0.25, 0.3) is 0 Å². The standard InChI is InChI=1S/C29H29F5N2O/c1-27-15-20-16-36-24(17-5-7-22(30)8-6-17)14-19(20)13-21(27)10-12-28(27,37)11-9-18-3-2-4-23(31)25(18)26(35)29(32,33)34/h2-8,13,16,24,26,37H,9-12,14-15,35H2,1H3/t24?,26?,27?,28-/m0/s1. The van der Waals surface area contributed by atoms with Gasteiger partial charge in [-0.1, -0.05) is 42.8 Å². The number of aryl methyl sites for hydroxylation is 1. The van der Waals surface area contributed by atoms with E-state index >= 15 is 0 Å². The molecule has 196 valence electrons. The lowest BCUT2D eigenvalue weighted by molar-refractivity contribution is -0.149. The Kier molecular flexibility index (Phi) is 6.39.